The predicted octanol–water partition coefficient (Wildman–Crippen LogP) is -0.471. The minimum absolute atomic E-state index is 0.298. The van der Waals surface area contributed by atoms with Crippen LogP contribution in [0.1, 0.15) is 5.69 Å². The van der Waals surface area contributed by atoms with Gasteiger partial charge in [0.2, 0.25) is 0 Å². The van der Waals surface area contributed by atoms with Crippen molar-refractivity contribution in [3.8, 4) is 6.07 Å². The van der Waals surface area contributed by atoms with Crippen LogP contribution in [0.3, 0.4) is 0 Å². The zero-order chi connectivity index (χ0) is 9.26. The van der Waals surface area contributed by atoms with E-state index < -0.39 is 0 Å². The molecule has 0 unspecified atom stereocenters. The Labute approximate surface area is 75.3 Å². The molecule has 66 valence electrons. The number of rotatable bonds is 1. The number of aromatic nitrogens is 2. The molecule has 0 bridgehead atoms. The zero-order valence-electron chi connectivity index (χ0n) is 6.88. The molecule has 5 nitrogen and oxygen atoms in total. The fourth-order valence-electron chi connectivity index (χ4n) is 1.27. The van der Waals surface area contributed by atoms with Crippen LogP contribution in [0.4, 0.5) is 5.82 Å². The van der Waals surface area contributed by atoms with Crippen molar-refractivity contribution >= 4 is 5.82 Å². The number of hydrogen-bond acceptors (Lipinski definition) is 5. The Balaban J connectivity index is 2.26. The van der Waals surface area contributed by atoms with Crippen molar-refractivity contribution in [2.45, 2.75) is 6.10 Å². The van der Waals surface area contributed by atoms with E-state index in [4.69, 9.17) is 10.4 Å². The Hall–Kier alpha value is -1.67. The fourth-order valence-corrected chi connectivity index (χ4v) is 1.27. The van der Waals surface area contributed by atoms with Crippen LogP contribution >= 0.6 is 0 Å². The first-order valence-corrected chi connectivity index (χ1v) is 3.95. The standard InChI is InChI=1S/C8H8N4O/c9-3-7-8(11-2-1-10-7)12-4-6(13)5-12/h1-2,6,13H,4-5H2. The number of nitrogens with zero attached hydrogens (tertiary/aromatic N) is 4. The van der Waals surface area contributed by atoms with Crippen LogP contribution in [0.2, 0.25) is 0 Å². The third kappa shape index (κ3) is 1.32. The highest BCUT2D eigenvalue weighted by Gasteiger charge is 2.27. The highest BCUT2D eigenvalue weighted by molar-refractivity contribution is 5.51. The van der Waals surface area contributed by atoms with Gasteiger partial charge in [0.25, 0.3) is 0 Å². The third-order valence-electron chi connectivity index (χ3n) is 1.95. The first-order chi connectivity index (χ1) is 6.31. The monoisotopic (exact) mass is 176 g/mol. The van der Waals surface area contributed by atoms with Crippen LogP contribution in [-0.2, 0) is 0 Å². The summed E-state index contributed by atoms with van der Waals surface area (Å²) in [6.07, 6.45) is 2.73. The Kier molecular flexibility index (Phi) is 1.83. The average Bonchev–Trinajstić information content (AvgIpc) is 2.13. The van der Waals surface area contributed by atoms with Gasteiger partial charge in [-0.25, -0.2) is 9.97 Å². The van der Waals surface area contributed by atoms with Gasteiger partial charge in [0.05, 0.1) is 6.10 Å². The molecule has 13 heavy (non-hydrogen) atoms. The van der Waals surface area contributed by atoms with Crippen LogP contribution in [-0.4, -0.2) is 34.3 Å². The molecule has 1 N–H and O–H groups in total. The highest BCUT2D eigenvalue weighted by atomic mass is 16.3. The van der Waals surface area contributed by atoms with Gasteiger partial charge in [-0.05, 0) is 0 Å². The maximum atomic E-state index is 9.07. The van der Waals surface area contributed by atoms with Crippen molar-refractivity contribution in [3.05, 3.63) is 18.1 Å². The van der Waals surface area contributed by atoms with Crippen molar-refractivity contribution < 1.29 is 5.11 Å². The first kappa shape index (κ1) is 7.95. The van der Waals surface area contributed by atoms with Crippen LogP contribution in [0, 0.1) is 11.3 Å². The molecule has 0 spiro atoms. The number of anilines is 1. The zero-order valence-corrected chi connectivity index (χ0v) is 6.88. The Morgan fingerprint density at radius 3 is 2.77 bits per heavy atom. The number of aliphatic hydroxyl groups is 1. The van der Waals surface area contributed by atoms with E-state index in [0.29, 0.717) is 24.6 Å². The van der Waals surface area contributed by atoms with E-state index in [2.05, 4.69) is 9.97 Å². The van der Waals surface area contributed by atoms with Gasteiger partial charge in [0.15, 0.2) is 11.5 Å². The molecule has 0 amide bonds. The van der Waals surface area contributed by atoms with Crippen molar-refractivity contribution in [1.29, 1.82) is 5.26 Å². The molecule has 0 saturated carbocycles. The maximum Gasteiger partial charge on any atom is 0.183 e. The van der Waals surface area contributed by atoms with Crippen LogP contribution < -0.4 is 4.90 Å². The van der Waals surface area contributed by atoms with Gasteiger partial charge in [-0.15, -0.1) is 0 Å². The maximum absolute atomic E-state index is 9.07. The van der Waals surface area contributed by atoms with Crippen molar-refractivity contribution in [2.75, 3.05) is 18.0 Å². The third-order valence-corrected chi connectivity index (χ3v) is 1.95. The predicted molar refractivity (Wildman–Crippen MR) is 45.0 cm³/mol. The smallest absolute Gasteiger partial charge is 0.183 e. The normalized spacial score (nSPS) is 16.5. The fraction of sp³-hybridized carbons (Fsp3) is 0.375. The Morgan fingerprint density at radius 2 is 2.15 bits per heavy atom. The summed E-state index contributed by atoms with van der Waals surface area (Å²) in [6, 6.07) is 1.96. The SMILES string of the molecule is N#Cc1nccnc1N1CC(O)C1. The van der Waals surface area contributed by atoms with E-state index in [9.17, 15) is 0 Å². The van der Waals surface area contributed by atoms with Crippen molar-refractivity contribution in [1.82, 2.24) is 9.97 Å². The highest BCUT2D eigenvalue weighted by Crippen LogP contribution is 2.19. The van der Waals surface area contributed by atoms with E-state index >= 15 is 0 Å². The van der Waals surface area contributed by atoms with Gasteiger partial charge >= 0.3 is 0 Å². The van der Waals surface area contributed by atoms with Crippen LogP contribution in [0.5, 0.6) is 0 Å². The Morgan fingerprint density at radius 1 is 1.46 bits per heavy atom. The lowest BCUT2D eigenvalue weighted by Gasteiger charge is -2.36. The van der Waals surface area contributed by atoms with Crippen molar-refractivity contribution in [3.63, 3.8) is 0 Å². The van der Waals surface area contributed by atoms with Gasteiger partial charge in [0, 0.05) is 25.5 Å². The summed E-state index contributed by atoms with van der Waals surface area (Å²) in [7, 11) is 0. The second kappa shape index (κ2) is 2.99. The molecule has 2 rings (SSSR count). The molecular weight excluding hydrogens is 168 g/mol. The van der Waals surface area contributed by atoms with E-state index in [1.165, 1.54) is 6.20 Å². The summed E-state index contributed by atoms with van der Waals surface area (Å²) >= 11 is 0. The quantitative estimate of drug-likeness (QED) is 0.626. The van der Waals surface area contributed by atoms with Gasteiger partial charge in [-0.2, -0.15) is 5.26 Å². The molecule has 0 radical (unpaired) electrons. The lowest BCUT2D eigenvalue weighted by molar-refractivity contribution is 0.141. The molecule has 2 heterocycles. The topological polar surface area (TPSA) is 73.0 Å². The molecular formula is C8H8N4O. The van der Waals surface area contributed by atoms with Crippen molar-refractivity contribution in [2.24, 2.45) is 0 Å². The summed E-state index contributed by atoms with van der Waals surface area (Å²) < 4.78 is 0. The van der Waals surface area contributed by atoms with E-state index in [1.54, 1.807) is 6.20 Å². The molecule has 0 aliphatic carbocycles. The summed E-state index contributed by atoms with van der Waals surface area (Å²) in [6.45, 7) is 1.07. The number of nitriles is 1. The largest absolute Gasteiger partial charge is 0.389 e. The summed E-state index contributed by atoms with van der Waals surface area (Å²) in [5.41, 5.74) is 0.314. The van der Waals surface area contributed by atoms with Gasteiger partial charge in [0.1, 0.15) is 6.07 Å². The molecule has 0 atom stereocenters. The minimum atomic E-state index is -0.298. The molecule has 1 aliphatic heterocycles. The molecule has 5 heteroatoms. The second-order valence-electron chi connectivity index (χ2n) is 2.90. The Bertz CT molecular complexity index is 353. The van der Waals surface area contributed by atoms with Crippen LogP contribution in [0.15, 0.2) is 12.4 Å². The van der Waals surface area contributed by atoms with E-state index in [1.807, 2.05) is 11.0 Å². The molecule has 1 saturated heterocycles. The average molecular weight is 176 g/mol. The van der Waals surface area contributed by atoms with E-state index in [0.717, 1.165) is 0 Å². The van der Waals surface area contributed by atoms with Gasteiger partial charge in [-0.1, -0.05) is 0 Å². The number of aliphatic hydroxyl groups excluding tert-OH is 1. The lowest BCUT2D eigenvalue weighted by Crippen LogP contribution is -2.51. The van der Waals surface area contributed by atoms with E-state index in [-0.39, 0.29) is 6.10 Å². The summed E-state index contributed by atoms with van der Waals surface area (Å²) in [5, 5.41) is 17.8. The lowest BCUT2D eigenvalue weighted by atomic mass is 10.1. The molecule has 1 aliphatic rings. The molecule has 1 aromatic rings. The van der Waals surface area contributed by atoms with Gasteiger partial charge < -0.3 is 10.0 Å². The first-order valence-electron chi connectivity index (χ1n) is 3.95. The summed E-state index contributed by atoms with van der Waals surface area (Å²) in [4.78, 5) is 9.74. The van der Waals surface area contributed by atoms with Gasteiger partial charge in [-0.3, -0.25) is 0 Å². The number of hydrogen-bond donors (Lipinski definition) is 1. The van der Waals surface area contributed by atoms with Crippen LogP contribution in [0.25, 0.3) is 0 Å². The number of β-amino-alcohol motifs (C(OH)–C–C–N with tert-alkyl or cyclic N) is 1. The minimum Gasteiger partial charge on any atom is -0.389 e. The molecule has 0 aromatic carbocycles. The molecule has 1 aromatic heterocycles. The summed E-state index contributed by atoms with van der Waals surface area (Å²) in [5.74, 6) is 0.565. The molecule has 1 fully saturated rings. The second-order valence-corrected chi connectivity index (χ2v) is 2.90.